The first-order valence-electron chi connectivity index (χ1n) is 7.24. The van der Waals surface area contributed by atoms with Crippen LogP contribution in [0, 0.1) is 19.7 Å². The fourth-order valence-electron chi connectivity index (χ4n) is 2.18. The van der Waals surface area contributed by atoms with Crippen LogP contribution in [0.1, 0.15) is 16.1 Å². The first kappa shape index (κ1) is 15.5. The number of aromatic nitrogens is 1. The molecule has 0 fully saturated rings. The molecule has 0 bridgehead atoms. The molecule has 2 N–H and O–H groups in total. The zero-order chi connectivity index (χ0) is 16.4. The number of halogens is 1. The van der Waals surface area contributed by atoms with E-state index in [0.717, 1.165) is 16.3 Å². The van der Waals surface area contributed by atoms with Crippen LogP contribution in [0.5, 0.6) is 5.75 Å². The summed E-state index contributed by atoms with van der Waals surface area (Å²) in [6.07, 6.45) is 0. The van der Waals surface area contributed by atoms with Gasteiger partial charge in [0.15, 0.2) is 0 Å². The van der Waals surface area contributed by atoms with Crippen molar-refractivity contribution in [3.8, 4) is 16.3 Å². The molecular formula is C18H17FN2OS. The van der Waals surface area contributed by atoms with Gasteiger partial charge in [-0.25, -0.2) is 9.37 Å². The normalized spacial score (nSPS) is 10.7. The summed E-state index contributed by atoms with van der Waals surface area (Å²) in [4.78, 5) is 5.72. The fourth-order valence-corrected chi connectivity index (χ4v) is 3.09. The molecule has 0 amide bonds. The standard InChI is InChI=1S/C18H17FN2OS/c1-11-12(2)23-18(21-11)13-7-8-17(16(20)9-13)22-10-14-5-3-4-6-15(14)19/h3-9H,10,20H2,1-2H3. The van der Waals surface area contributed by atoms with E-state index >= 15 is 0 Å². The number of anilines is 1. The van der Waals surface area contributed by atoms with Crippen molar-refractivity contribution in [3.05, 3.63) is 64.4 Å². The molecule has 3 rings (SSSR count). The SMILES string of the molecule is Cc1nc(-c2ccc(OCc3ccccc3F)c(N)c2)sc1C. The first-order valence-corrected chi connectivity index (χ1v) is 8.06. The highest BCUT2D eigenvalue weighted by Gasteiger charge is 2.10. The monoisotopic (exact) mass is 328 g/mol. The van der Waals surface area contributed by atoms with E-state index in [9.17, 15) is 4.39 Å². The second-order valence-electron chi connectivity index (χ2n) is 5.29. The van der Waals surface area contributed by atoms with Crippen LogP contribution in [-0.4, -0.2) is 4.98 Å². The number of aryl methyl sites for hydroxylation is 2. The Morgan fingerprint density at radius 1 is 1.17 bits per heavy atom. The van der Waals surface area contributed by atoms with Crippen molar-refractivity contribution in [2.24, 2.45) is 0 Å². The highest BCUT2D eigenvalue weighted by Crippen LogP contribution is 2.32. The van der Waals surface area contributed by atoms with Gasteiger partial charge < -0.3 is 10.5 Å². The van der Waals surface area contributed by atoms with E-state index in [1.807, 2.05) is 26.0 Å². The summed E-state index contributed by atoms with van der Waals surface area (Å²) in [5, 5.41) is 0.937. The number of hydrogen-bond acceptors (Lipinski definition) is 4. The number of nitrogens with zero attached hydrogens (tertiary/aromatic N) is 1. The molecular weight excluding hydrogens is 311 g/mol. The van der Waals surface area contributed by atoms with E-state index in [1.165, 1.54) is 10.9 Å². The van der Waals surface area contributed by atoms with Crippen molar-refractivity contribution in [1.82, 2.24) is 4.98 Å². The summed E-state index contributed by atoms with van der Waals surface area (Å²) < 4.78 is 19.2. The third-order valence-electron chi connectivity index (χ3n) is 3.63. The summed E-state index contributed by atoms with van der Waals surface area (Å²) in [5.41, 5.74) is 9.07. The molecule has 3 aromatic rings. The lowest BCUT2D eigenvalue weighted by molar-refractivity contribution is 0.301. The lowest BCUT2D eigenvalue weighted by Gasteiger charge is -2.10. The average Bonchev–Trinajstić information content (AvgIpc) is 2.87. The molecule has 0 aliphatic carbocycles. The third kappa shape index (κ3) is 3.35. The Labute approximate surface area is 138 Å². The number of benzene rings is 2. The van der Waals surface area contributed by atoms with Crippen LogP contribution in [0.2, 0.25) is 0 Å². The zero-order valence-electron chi connectivity index (χ0n) is 13.0. The Kier molecular flexibility index (Phi) is 4.30. The summed E-state index contributed by atoms with van der Waals surface area (Å²) >= 11 is 1.64. The lowest BCUT2D eigenvalue weighted by atomic mass is 10.2. The maximum absolute atomic E-state index is 13.6. The Morgan fingerprint density at radius 2 is 1.96 bits per heavy atom. The number of thiazole rings is 1. The number of nitrogen functional groups attached to an aromatic ring is 1. The zero-order valence-corrected chi connectivity index (χ0v) is 13.8. The number of rotatable bonds is 4. The molecule has 0 atom stereocenters. The number of nitrogens with two attached hydrogens (primary N) is 1. The fraction of sp³-hybridized carbons (Fsp3) is 0.167. The molecule has 0 radical (unpaired) electrons. The predicted octanol–water partition coefficient (Wildman–Crippen LogP) is 4.73. The minimum absolute atomic E-state index is 0.145. The predicted molar refractivity (Wildman–Crippen MR) is 92.2 cm³/mol. The van der Waals surface area contributed by atoms with Gasteiger partial charge in [-0.3, -0.25) is 0 Å². The molecule has 1 aromatic heterocycles. The molecule has 118 valence electrons. The molecule has 0 aliphatic rings. The molecule has 5 heteroatoms. The van der Waals surface area contributed by atoms with Crippen LogP contribution in [0.25, 0.3) is 10.6 Å². The maximum atomic E-state index is 13.6. The molecule has 2 aromatic carbocycles. The first-order chi connectivity index (χ1) is 11.0. The van der Waals surface area contributed by atoms with Gasteiger partial charge >= 0.3 is 0 Å². The average molecular weight is 328 g/mol. The van der Waals surface area contributed by atoms with Crippen LogP contribution >= 0.6 is 11.3 Å². The Hall–Kier alpha value is -2.40. The van der Waals surface area contributed by atoms with Crippen LogP contribution in [0.15, 0.2) is 42.5 Å². The van der Waals surface area contributed by atoms with Gasteiger partial charge in [-0.1, -0.05) is 18.2 Å². The molecule has 0 saturated heterocycles. The minimum Gasteiger partial charge on any atom is -0.487 e. The second kappa shape index (κ2) is 6.38. The quantitative estimate of drug-likeness (QED) is 0.705. The molecule has 23 heavy (non-hydrogen) atoms. The topological polar surface area (TPSA) is 48.1 Å². The van der Waals surface area contributed by atoms with Gasteiger partial charge in [0, 0.05) is 16.0 Å². The van der Waals surface area contributed by atoms with Gasteiger partial charge in [0.25, 0.3) is 0 Å². The Morgan fingerprint density at radius 3 is 2.61 bits per heavy atom. The van der Waals surface area contributed by atoms with Crippen molar-refractivity contribution in [3.63, 3.8) is 0 Å². The number of hydrogen-bond donors (Lipinski definition) is 1. The summed E-state index contributed by atoms with van der Waals surface area (Å²) in [7, 11) is 0. The van der Waals surface area contributed by atoms with Gasteiger partial charge in [-0.15, -0.1) is 11.3 Å². The van der Waals surface area contributed by atoms with Crippen molar-refractivity contribution >= 4 is 17.0 Å². The van der Waals surface area contributed by atoms with Crippen LogP contribution in [0.4, 0.5) is 10.1 Å². The molecule has 0 saturated carbocycles. The molecule has 0 unspecified atom stereocenters. The van der Waals surface area contributed by atoms with E-state index in [2.05, 4.69) is 4.98 Å². The molecule has 1 heterocycles. The van der Waals surface area contributed by atoms with E-state index < -0.39 is 0 Å². The Bertz CT molecular complexity index is 825. The van der Waals surface area contributed by atoms with Crippen molar-refractivity contribution in [2.45, 2.75) is 20.5 Å². The lowest BCUT2D eigenvalue weighted by Crippen LogP contribution is -2.00. The van der Waals surface area contributed by atoms with Crippen LogP contribution in [-0.2, 0) is 6.61 Å². The Balaban J connectivity index is 1.78. The van der Waals surface area contributed by atoms with Crippen LogP contribution in [0.3, 0.4) is 0 Å². The van der Waals surface area contributed by atoms with Gasteiger partial charge in [-0.05, 0) is 38.1 Å². The molecule has 0 spiro atoms. The minimum atomic E-state index is -0.281. The van der Waals surface area contributed by atoms with Gasteiger partial charge in [0.2, 0.25) is 0 Å². The van der Waals surface area contributed by atoms with Crippen LogP contribution < -0.4 is 10.5 Å². The van der Waals surface area contributed by atoms with Crippen molar-refractivity contribution in [2.75, 3.05) is 5.73 Å². The summed E-state index contributed by atoms with van der Waals surface area (Å²) in [6, 6.07) is 12.1. The van der Waals surface area contributed by atoms with Gasteiger partial charge in [0.05, 0.1) is 11.4 Å². The van der Waals surface area contributed by atoms with Gasteiger partial charge in [0.1, 0.15) is 23.2 Å². The van der Waals surface area contributed by atoms with Crippen molar-refractivity contribution in [1.29, 1.82) is 0 Å². The third-order valence-corrected chi connectivity index (χ3v) is 4.75. The van der Waals surface area contributed by atoms with E-state index in [1.54, 1.807) is 35.6 Å². The highest BCUT2D eigenvalue weighted by atomic mass is 32.1. The largest absolute Gasteiger partial charge is 0.487 e. The molecule has 0 aliphatic heterocycles. The smallest absolute Gasteiger partial charge is 0.142 e. The van der Waals surface area contributed by atoms with Gasteiger partial charge in [-0.2, -0.15) is 0 Å². The number of ether oxygens (including phenoxy) is 1. The van der Waals surface area contributed by atoms with E-state index in [4.69, 9.17) is 10.5 Å². The highest BCUT2D eigenvalue weighted by molar-refractivity contribution is 7.15. The maximum Gasteiger partial charge on any atom is 0.142 e. The molecule has 3 nitrogen and oxygen atoms in total. The summed E-state index contributed by atoms with van der Waals surface area (Å²) in [6.45, 7) is 4.18. The summed E-state index contributed by atoms with van der Waals surface area (Å²) in [5.74, 6) is 0.262. The van der Waals surface area contributed by atoms with E-state index in [0.29, 0.717) is 17.0 Å². The van der Waals surface area contributed by atoms with E-state index in [-0.39, 0.29) is 12.4 Å². The second-order valence-corrected chi connectivity index (χ2v) is 6.50. The van der Waals surface area contributed by atoms with Crippen molar-refractivity contribution < 1.29 is 9.13 Å².